The van der Waals surface area contributed by atoms with Crippen molar-refractivity contribution in [2.75, 3.05) is 28.4 Å². The highest BCUT2D eigenvalue weighted by molar-refractivity contribution is 5.94. The number of fused-ring (bicyclic) bond motifs is 2. The Balaban J connectivity index is 2.00. The van der Waals surface area contributed by atoms with Crippen molar-refractivity contribution in [1.82, 2.24) is 0 Å². The number of hydrogen-bond acceptors (Lipinski definition) is 6. The van der Waals surface area contributed by atoms with Crippen molar-refractivity contribution in [1.29, 1.82) is 0 Å². The molecular formula is C21H22O6. The fraction of sp³-hybridized carbons (Fsp3) is 0.333. The summed E-state index contributed by atoms with van der Waals surface area (Å²) in [5.41, 5.74) is 2.31. The Labute approximate surface area is 157 Å². The SMILES string of the molecule is COc1c2c(c(OC)c3occc13)OC(c1ccccc1)C(OC)C2OC. The standard InChI is InChI=1S/C21H22O6/c1-22-16-13-10-11-26-17(13)21(25-4)19-14(16)18(23-2)20(24-3)15(27-19)12-8-6-5-7-9-12/h5-11,15,18,20H,1-4H3. The molecule has 1 aliphatic heterocycles. The highest BCUT2D eigenvalue weighted by Crippen LogP contribution is 2.55. The number of benzene rings is 2. The summed E-state index contributed by atoms with van der Waals surface area (Å²) in [6.45, 7) is 0. The molecule has 27 heavy (non-hydrogen) atoms. The summed E-state index contributed by atoms with van der Waals surface area (Å²) in [5, 5.41) is 0.798. The zero-order chi connectivity index (χ0) is 19.0. The average molecular weight is 370 g/mol. The molecule has 142 valence electrons. The molecule has 0 spiro atoms. The van der Waals surface area contributed by atoms with E-state index in [-0.39, 0.29) is 12.2 Å². The van der Waals surface area contributed by atoms with Gasteiger partial charge in [-0.3, -0.25) is 0 Å². The maximum Gasteiger partial charge on any atom is 0.205 e. The summed E-state index contributed by atoms with van der Waals surface area (Å²) in [7, 11) is 6.52. The molecule has 1 aliphatic rings. The van der Waals surface area contributed by atoms with E-state index >= 15 is 0 Å². The first-order valence-corrected chi connectivity index (χ1v) is 8.67. The van der Waals surface area contributed by atoms with Gasteiger partial charge in [-0.25, -0.2) is 0 Å². The van der Waals surface area contributed by atoms with Gasteiger partial charge in [0.2, 0.25) is 5.75 Å². The van der Waals surface area contributed by atoms with E-state index in [0.29, 0.717) is 22.8 Å². The maximum atomic E-state index is 6.43. The molecule has 2 heterocycles. The normalized spacial score (nSPS) is 21.6. The third-order valence-corrected chi connectivity index (χ3v) is 5.00. The van der Waals surface area contributed by atoms with Crippen molar-refractivity contribution in [2.45, 2.75) is 18.3 Å². The van der Waals surface area contributed by atoms with E-state index in [0.717, 1.165) is 16.5 Å². The Hall–Kier alpha value is -2.70. The van der Waals surface area contributed by atoms with Crippen LogP contribution in [0.15, 0.2) is 47.1 Å². The second kappa shape index (κ2) is 7.13. The van der Waals surface area contributed by atoms with Crippen molar-refractivity contribution in [3.8, 4) is 17.2 Å². The molecule has 0 N–H and O–H groups in total. The molecule has 3 atom stereocenters. The quantitative estimate of drug-likeness (QED) is 0.668. The van der Waals surface area contributed by atoms with Crippen LogP contribution in [0.2, 0.25) is 0 Å². The molecule has 3 unspecified atom stereocenters. The molecule has 4 rings (SSSR count). The first-order valence-electron chi connectivity index (χ1n) is 8.67. The lowest BCUT2D eigenvalue weighted by Gasteiger charge is -2.39. The van der Waals surface area contributed by atoms with Gasteiger partial charge in [0.15, 0.2) is 17.4 Å². The maximum absolute atomic E-state index is 6.43. The topological polar surface area (TPSA) is 59.3 Å². The highest BCUT2D eigenvalue weighted by Gasteiger charge is 2.44. The molecule has 6 heteroatoms. The highest BCUT2D eigenvalue weighted by atomic mass is 16.6. The van der Waals surface area contributed by atoms with Gasteiger partial charge in [0.1, 0.15) is 18.0 Å². The molecule has 0 radical (unpaired) electrons. The molecule has 0 aliphatic carbocycles. The van der Waals surface area contributed by atoms with Gasteiger partial charge in [-0.2, -0.15) is 0 Å². The van der Waals surface area contributed by atoms with Crippen LogP contribution in [0, 0.1) is 0 Å². The van der Waals surface area contributed by atoms with Gasteiger partial charge in [0.25, 0.3) is 0 Å². The number of ether oxygens (including phenoxy) is 5. The molecule has 0 saturated carbocycles. The zero-order valence-corrected chi connectivity index (χ0v) is 15.7. The third-order valence-electron chi connectivity index (χ3n) is 5.00. The number of furan rings is 1. The van der Waals surface area contributed by atoms with Gasteiger partial charge in [-0.1, -0.05) is 30.3 Å². The Bertz CT molecular complexity index is 933. The summed E-state index contributed by atoms with van der Waals surface area (Å²) in [6, 6.07) is 11.8. The van der Waals surface area contributed by atoms with E-state index in [1.165, 1.54) is 0 Å². The molecule has 2 aromatic carbocycles. The molecule has 0 amide bonds. The van der Waals surface area contributed by atoms with Crippen molar-refractivity contribution in [2.24, 2.45) is 0 Å². The van der Waals surface area contributed by atoms with Gasteiger partial charge in [0.05, 0.1) is 31.4 Å². The molecule has 0 bridgehead atoms. The van der Waals surface area contributed by atoms with E-state index in [9.17, 15) is 0 Å². The smallest absolute Gasteiger partial charge is 0.205 e. The first-order chi connectivity index (χ1) is 13.2. The van der Waals surface area contributed by atoms with Gasteiger partial charge < -0.3 is 28.1 Å². The average Bonchev–Trinajstić information content (AvgIpc) is 3.20. The van der Waals surface area contributed by atoms with Crippen LogP contribution < -0.4 is 14.2 Å². The number of rotatable bonds is 5. The van der Waals surface area contributed by atoms with Crippen LogP contribution in [0.5, 0.6) is 17.2 Å². The summed E-state index contributed by atoms with van der Waals surface area (Å²) < 4.78 is 35.1. The lowest BCUT2D eigenvalue weighted by atomic mass is 9.90. The largest absolute Gasteiger partial charge is 0.495 e. The van der Waals surface area contributed by atoms with Crippen molar-refractivity contribution < 1.29 is 28.1 Å². The second-order valence-electron chi connectivity index (χ2n) is 6.28. The van der Waals surface area contributed by atoms with Crippen LogP contribution in [0.1, 0.15) is 23.3 Å². The summed E-state index contributed by atoms with van der Waals surface area (Å²) in [5.74, 6) is 1.70. The molecule has 0 fully saturated rings. The van der Waals surface area contributed by atoms with Crippen LogP contribution in [0.3, 0.4) is 0 Å². The van der Waals surface area contributed by atoms with E-state index < -0.39 is 6.10 Å². The fourth-order valence-corrected chi connectivity index (χ4v) is 3.83. The lowest BCUT2D eigenvalue weighted by molar-refractivity contribution is -0.107. The van der Waals surface area contributed by atoms with Gasteiger partial charge in [-0.05, 0) is 11.6 Å². The van der Waals surface area contributed by atoms with Crippen LogP contribution in [-0.4, -0.2) is 34.5 Å². The van der Waals surface area contributed by atoms with Crippen LogP contribution in [0.25, 0.3) is 11.0 Å². The summed E-state index contributed by atoms with van der Waals surface area (Å²) in [6.07, 6.45) is 0.450. The van der Waals surface area contributed by atoms with Crippen molar-refractivity contribution in [3.63, 3.8) is 0 Å². The van der Waals surface area contributed by atoms with Crippen LogP contribution in [-0.2, 0) is 9.47 Å². The summed E-state index contributed by atoms with van der Waals surface area (Å²) in [4.78, 5) is 0. The first kappa shape index (κ1) is 17.7. The zero-order valence-electron chi connectivity index (χ0n) is 15.7. The van der Waals surface area contributed by atoms with Crippen molar-refractivity contribution in [3.05, 3.63) is 53.8 Å². The van der Waals surface area contributed by atoms with Crippen LogP contribution in [0.4, 0.5) is 0 Å². The molecule has 0 saturated heterocycles. The van der Waals surface area contributed by atoms with E-state index in [1.807, 2.05) is 36.4 Å². The fourth-order valence-electron chi connectivity index (χ4n) is 3.83. The Morgan fingerprint density at radius 1 is 0.852 bits per heavy atom. The molecular weight excluding hydrogens is 348 g/mol. The van der Waals surface area contributed by atoms with Crippen LogP contribution >= 0.6 is 0 Å². The van der Waals surface area contributed by atoms with Gasteiger partial charge >= 0.3 is 0 Å². The Morgan fingerprint density at radius 3 is 2.22 bits per heavy atom. The van der Waals surface area contributed by atoms with E-state index in [4.69, 9.17) is 28.1 Å². The lowest BCUT2D eigenvalue weighted by Crippen LogP contribution is -2.37. The third kappa shape index (κ3) is 2.64. The monoisotopic (exact) mass is 370 g/mol. The van der Waals surface area contributed by atoms with E-state index in [2.05, 4.69) is 0 Å². The number of methoxy groups -OCH3 is 4. The minimum atomic E-state index is -0.410. The number of hydrogen-bond donors (Lipinski definition) is 0. The predicted octanol–water partition coefficient (Wildman–Crippen LogP) is 4.29. The second-order valence-corrected chi connectivity index (χ2v) is 6.28. The minimum Gasteiger partial charge on any atom is -0.495 e. The van der Waals surface area contributed by atoms with Crippen molar-refractivity contribution >= 4 is 11.0 Å². The molecule has 1 aromatic heterocycles. The Morgan fingerprint density at radius 2 is 1.59 bits per heavy atom. The Kier molecular flexibility index (Phi) is 4.68. The molecule has 3 aromatic rings. The molecule has 6 nitrogen and oxygen atoms in total. The predicted molar refractivity (Wildman–Crippen MR) is 99.7 cm³/mol. The van der Waals surface area contributed by atoms with E-state index in [1.54, 1.807) is 34.7 Å². The minimum absolute atomic E-state index is 0.368. The van der Waals surface area contributed by atoms with Gasteiger partial charge in [-0.15, -0.1) is 0 Å². The van der Waals surface area contributed by atoms with Gasteiger partial charge in [0, 0.05) is 14.2 Å². The summed E-state index contributed by atoms with van der Waals surface area (Å²) >= 11 is 0.